The van der Waals surface area contributed by atoms with E-state index in [0.29, 0.717) is 12.1 Å². The fraction of sp³-hybridized carbons (Fsp3) is 0.133. The second kappa shape index (κ2) is 6.32. The number of hydrogen-bond donors (Lipinski definition) is 0. The van der Waals surface area contributed by atoms with Gasteiger partial charge in [0.15, 0.2) is 11.6 Å². The van der Waals surface area contributed by atoms with Crippen molar-refractivity contribution in [2.45, 2.75) is 12.7 Å². The van der Waals surface area contributed by atoms with Crippen LogP contribution in [0.15, 0.2) is 39.7 Å². The first-order valence-corrected chi connectivity index (χ1v) is 6.90. The fourth-order valence-corrected chi connectivity index (χ4v) is 2.09. The summed E-state index contributed by atoms with van der Waals surface area (Å²) >= 11 is 0. The van der Waals surface area contributed by atoms with Gasteiger partial charge in [-0.2, -0.15) is 13.2 Å². The van der Waals surface area contributed by atoms with E-state index >= 15 is 0 Å². The summed E-state index contributed by atoms with van der Waals surface area (Å²) in [6.07, 6.45) is -3.71. The molecule has 26 heavy (non-hydrogen) atoms. The largest absolute Gasteiger partial charge is 0.470 e. The SMILES string of the molecule is O=c1cc(-c2nnc(C(F)(F)F)o2)ccn1Cc1cc(F)c(F)cc1F. The molecule has 0 unspecified atom stereocenters. The molecule has 0 N–H and O–H groups in total. The number of aromatic nitrogens is 3. The number of alkyl halides is 3. The van der Waals surface area contributed by atoms with Gasteiger partial charge in [-0.15, -0.1) is 10.2 Å². The van der Waals surface area contributed by atoms with Crippen LogP contribution >= 0.6 is 0 Å². The maximum Gasteiger partial charge on any atom is 0.470 e. The van der Waals surface area contributed by atoms with E-state index in [2.05, 4.69) is 14.6 Å². The fourth-order valence-electron chi connectivity index (χ4n) is 2.09. The van der Waals surface area contributed by atoms with Crippen LogP contribution in [0.3, 0.4) is 0 Å². The number of nitrogens with zero attached hydrogens (tertiary/aromatic N) is 3. The van der Waals surface area contributed by atoms with Gasteiger partial charge in [0.25, 0.3) is 5.56 Å². The molecule has 0 fully saturated rings. The van der Waals surface area contributed by atoms with Crippen molar-refractivity contribution >= 4 is 0 Å². The molecule has 0 saturated heterocycles. The molecule has 2 aromatic heterocycles. The van der Waals surface area contributed by atoms with E-state index in [9.17, 15) is 31.1 Å². The molecule has 0 radical (unpaired) electrons. The Bertz CT molecular complexity index is 1020. The average molecular weight is 375 g/mol. The molecule has 2 heterocycles. The molecule has 0 aliphatic heterocycles. The lowest BCUT2D eigenvalue weighted by Crippen LogP contribution is -2.20. The first kappa shape index (κ1) is 17.7. The first-order chi connectivity index (χ1) is 12.1. The Morgan fingerprint density at radius 3 is 2.31 bits per heavy atom. The monoisotopic (exact) mass is 375 g/mol. The van der Waals surface area contributed by atoms with E-state index in [1.54, 1.807) is 0 Å². The lowest BCUT2D eigenvalue weighted by Gasteiger charge is -2.08. The molecular formula is C15H7F6N3O2. The Labute approximate surface area is 140 Å². The van der Waals surface area contributed by atoms with Gasteiger partial charge in [-0.05, 0) is 12.1 Å². The van der Waals surface area contributed by atoms with Crippen LogP contribution in [0.25, 0.3) is 11.5 Å². The van der Waals surface area contributed by atoms with Gasteiger partial charge in [0.1, 0.15) is 5.82 Å². The third kappa shape index (κ3) is 3.46. The van der Waals surface area contributed by atoms with Gasteiger partial charge >= 0.3 is 12.1 Å². The lowest BCUT2D eigenvalue weighted by molar-refractivity contribution is -0.156. The van der Waals surface area contributed by atoms with Gasteiger partial charge in [-0.1, -0.05) is 0 Å². The normalized spacial score (nSPS) is 11.8. The van der Waals surface area contributed by atoms with Crippen molar-refractivity contribution in [3.8, 4) is 11.5 Å². The zero-order valence-electron chi connectivity index (χ0n) is 12.5. The van der Waals surface area contributed by atoms with Crippen molar-refractivity contribution in [3.05, 3.63) is 69.7 Å². The van der Waals surface area contributed by atoms with E-state index < -0.39 is 47.5 Å². The second-order valence-electron chi connectivity index (χ2n) is 5.15. The molecule has 136 valence electrons. The van der Waals surface area contributed by atoms with Crippen molar-refractivity contribution in [2.24, 2.45) is 0 Å². The summed E-state index contributed by atoms with van der Waals surface area (Å²) in [5.41, 5.74) is -1.12. The van der Waals surface area contributed by atoms with Crippen LogP contribution < -0.4 is 5.56 Å². The number of benzene rings is 1. The van der Waals surface area contributed by atoms with E-state index in [0.717, 1.165) is 16.8 Å². The molecule has 0 atom stereocenters. The maximum atomic E-state index is 13.6. The topological polar surface area (TPSA) is 60.9 Å². The van der Waals surface area contributed by atoms with Crippen LogP contribution in [0.4, 0.5) is 26.3 Å². The average Bonchev–Trinajstić information content (AvgIpc) is 3.04. The molecule has 0 bridgehead atoms. The Hall–Kier alpha value is -3.11. The van der Waals surface area contributed by atoms with Crippen molar-refractivity contribution in [3.63, 3.8) is 0 Å². The van der Waals surface area contributed by atoms with Crippen molar-refractivity contribution < 1.29 is 30.8 Å². The summed E-state index contributed by atoms with van der Waals surface area (Å²) in [5.74, 6) is -5.80. The summed E-state index contributed by atoms with van der Waals surface area (Å²) in [7, 11) is 0. The van der Waals surface area contributed by atoms with Gasteiger partial charge < -0.3 is 8.98 Å². The minimum absolute atomic E-state index is 0.0833. The Morgan fingerprint density at radius 1 is 1.00 bits per heavy atom. The highest BCUT2D eigenvalue weighted by Gasteiger charge is 2.38. The number of pyridine rings is 1. The van der Waals surface area contributed by atoms with Crippen molar-refractivity contribution in [1.82, 2.24) is 14.8 Å². The minimum Gasteiger partial charge on any atom is -0.413 e. The molecule has 3 rings (SSSR count). The van der Waals surface area contributed by atoms with Gasteiger partial charge in [0.05, 0.1) is 6.54 Å². The molecule has 0 spiro atoms. The van der Waals surface area contributed by atoms with Gasteiger partial charge in [-0.3, -0.25) is 4.79 Å². The molecule has 0 amide bonds. The number of rotatable bonds is 3. The summed E-state index contributed by atoms with van der Waals surface area (Å²) in [5, 5.41) is 6.04. The minimum atomic E-state index is -4.83. The molecule has 5 nitrogen and oxygen atoms in total. The summed E-state index contributed by atoms with van der Waals surface area (Å²) in [6, 6.07) is 3.04. The van der Waals surface area contributed by atoms with Crippen LogP contribution in [0.5, 0.6) is 0 Å². The van der Waals surface area contributed by atoms with E-state index in [1.165, 1.54) is 6.07 Å². The molecule has 3 aromatic rings. The lowest BCUT2D eigenvalue weighted by atomic mass is 10.2. The highest BCUT2D eigenvalue weighted by molar-refractivity contribution is 5.51. The van der Waals surface area contributed by atoms with E-state index in [1.807, 2.05) is 0 Å². The van der Waals surface area contributed by atoms with Gasteiger partial charge in [-0.25, -0.2) is 13.2 Å². The number of hydrogen-bond acceptors (Lipinski definition) is 4. The molecule has 0 aliphatic rings. The molecule has 0 saturated carbocycles. The smallest absolute Gasteiger partial charge is 0.413 e. The molecule has 1 aromatic carbocycles. The molecular weight excluding hydrogens is 368 g/mol. The predicted octanol–water partition coefficient (Wildman–Crippen LogP) is 3.38. The Morgan fingerprint density at radius 2 is 1.69 bits per heavy atom. The van der Waals surface area contributed by atoms with Crippen LogP contribution in [-0.4, -0.2) is 14.8 Å². The first-order valence-electron chi connectivity index (χ1n) is 6.90. The third-order valence-electron chi connectivity index (χ3n) is 3.34. The van der Waals surface area contributed by atoms with Crippen LogP contribution in [-0.2, 0) is 12.7 Å². The predicted molar refractivity (Wildman–Crippen MR) is 74.4 cm³/mol. The standard InChI is InChI=1S/C15H7F6N3O2/c16-9-5-11(18)10(17)3-8(9)6-24-2-1-7(4-12(24)25)13-22-23-14(26-13)15(19,20)21/h1-5H,6H2. The molecule has 0 aliphatic carbocycles. The van der Waals surface area contributed by atoms with E-state index in [-0.39, 0.29) is 11.1 Å². The highest BCUT2D eigenvalue weighted by atomic mass is 19.4. The zero-order chi connectivity index (χ0) is 19.1. The van der Waals surface area contributed by atoms with Crippen LogP contribution in [0.1, 0.15) is 11.5 Å². The maximum absolute atomic E-state index is 13.6. The Kier molecular flexibility index (Phi) is 4.30. The van der Waals surface area contributed by atoms with Crippen molar-refractivity contribution in [1.29, 1.82) is 0 Å². The van der Waals surface area contributed by atoms with Crippen LogP contribution in [0.2, 0.25) is 0 Å². The molecule has 11 heteroatoms. The van der Waals surface area contributed by atoms with Crippen molar-refractivity contribution in [2.75, 3.05) is 0 Å². The van der Waals surface area contributed by atoms with Gasteiger partial charge in [0.2, 0.25) is 5.89 Å². The zero-order valence-corrected chi connectivity index (χ0v) is 12.5. The Balaban J connectivity index is 1.90. The summed E-state index contributed by atoms with van der Waals surface area (Å²) in [6.45, 7) is -0.417. The van der Waals surface area contributed by atoms with E-state index in [4.69, 9.17) is 0 Å². The highest BCUT2D eigenvalue weighted by Crippen LogP contribution is 2.29. The third-order valence-corrected chi connectivity index (χ3v) is 3.34. The summed E-state index contributed by atoms with van der Waals surface area (Å²) < 4.78 is 82.5. The second-order valence-corrected chi connectivity index (χ2v) is 5.15. The quantitative estimate of drug-likeness (QED) is 0.520. The van der Waals surface area contributed by atoms with Gasteiger partial charge in [0, 0.05) is 29.5 Å². The number of halogens is 6. The van der Waals surface area contributed by atoms with Crippen LogP contribution in [0, 0.1) is 17.5 Å². The summed E-state index contributed by atoms with van der Waals surface area (Å²) in [4.78, 5) is 12.0.